The van der Waals surface area contributed by atoms with Crippen LogP contribution in [0.15, 0.2) is 22.0 Å². The number of thioether (sulfide) groups is 1. The molecular formula is C7H9BrN2OS. The van der Waals surface area contributed by atoms with Crippen molar-refractivity contribution < 1.29 is 5.11 Å². The summed E-state index contributed by atoms with van der Waals surface area (Å²) in [6.07, 6.45) is 3.39. The fourth-order valence-electron chi connectivity index (χ4n) is 0.579. The van der Waals surface area contributed by atoms with Crippen LogP contribution in [0.25, 0.3) is 0 Å². The summed E-state index contributed by atoms with van der Waals surface area (Å²) in [6.45, 7) is 2.07. The second-order valence-electron chi connectivity index (χ2n) is 2.29. The lowest BCUT2D eigenvalue weighted by Gasteiger charge is -2.04. The maximum atomic E-state index is 8.77. The average molecular weight is 249 g/mol. The van der Waals surface area contributed by atoms with E-state index in [9.17, 15) is 0 Å². The van der Waals surface area contributed by atoms with Crippen LogP contribution in [0.5, 0.6) is 0 Å². The molecule has 0 aliphatic heterocycles. The molecule has 1 N–H and O–H groups in total. The number of aromatic nitrogens is 2. The van der Waals surface area contributed by atoms with Crippen molar-refractivity contribution in [1.82, 2.24) is 9.97 Å². The number of nitrogens with zero attached hydrogens (tertiary/aromatic N) is 2. The molecule has 0 bridgehead atoms. The normalized spacial score (nSPS) is 12.9. The number of halogens is 1. The molecule has 3 nitrogen and oxygen atoms in total. The van der Waals surface area contributed by atoms with Gasteiger partial charge in [-0.15, -0.1) is 0 Å². The van der Waals surface area contributed by atoms with Gasteiger partial charge in [0.2, 0.25) is 0 Å². The van der Waals surface area contributed by atoms with Crippen molar-refractivity contribution in [2.75, 3.05) is 6.61 Å². The Kier molecular flexibility index (Phi) is 3.97. The predicted molar refractivity (Wildman–Crippen MR) is 52.1 cm³/mol. The van der Waals surface area contributed by atoms with Gasteiger partial charge in [0.1, 0.15) is 0 Å². The number of aliphatic hydroxyl groups excluding tert-OH is 1. The van der Waals surface area contributed by atoms with Gasteiger partial charge in [-0.1, -0.05) is 18.7 Å². The van der Waals surface area contributed by atoms with Gasteiger partial charge in [0.15, 0.2) is 5.16 Å². The van der Waals surface area contributed by atoms with E-state index in [2.05, 4.69) is 25.9 Å². The van der Waals surface area contributed by atoms with Crippen LogP contribution in [-0.4, -0.2) is 26.9 Å². The van der Waals surface area contributed by atoms with E-state index in [0.717, 1.165) is 4.47 Å². The summed E-state index contributed by atoms with van der Waals surface area (Å²) >= 11 is 4.70. The van der Waals surface area contributed by atoms with Crippen molar-refractivity contribution in [2.24, 2.45) is 0 Å². The van der Waals surface area contributed by atoms with Crippen LogP contribution < -0.4 is 0 Å². The van der Waals surface area contributed by atoms with Crippen molar-refractivity contribution in [3.05, 3.63) is 16.9 Å². The average Bonchev–Trinajstić information content (AvgIpc) is 2.09. The fourth-order valence-corrected chi connectivity index (χ4v) is 1.44. The first-order chi connectivity index (χ1) is 5.72. The summed E-state index contributed by atoms with van der Waals surface area (Å²) < 4.78 is 0.864. The van der Waals surface area contributed by atoms with E-state index in [1.54, 1.807) is 12.4 Å². The largest absolute Gasteiger partial charge is 0.395 e. The number of hydrogen-bond acceptors (Lipinski definition) is 4. The van der Waals surface area contributed by atoms with E-state index in [1.165, 1.54) is 11.8 Å². The highest BCUT2D eigenvalue weighted by Gasteiger charge is 2.04. The molecule has 0 radical (unpaired) electrons. The molecule has 0 aromatic carbocycles. The zero-order chi connectivity index (χ0) is 8.97. The summed E-state index contributed by atoms with van der Waals surface area (Å²) in [5.74, 6) is 0. The Hall–Kier alpha value is -0.130. The van der Waals surface area contributed by atoms with Gasteiger partial charge in [-0.2, -0.15) is 0 Å². The Labute approximate surface area is 83.8 Å². The smallest absolute Gasteiger partial charge is 0.187 e. The molecule has 1 unspecified atom stereocenters. The number of hydrogen-bond donors (Lipinski definition) is 1. The lowest BCUT2D eigenvalue weighted by atomic mass is 10.5. The first-order valence-corrected chi connectivity index (χ1v) is 5.14. The topological polar surface area (TPSA) is 46.0 Å². The van der Waals surface area contributed by atoms with E-state index in [1.807, 2.05) is 6.92 Å². The Morgan fingerprint density at radius 1 is 1.58 bits per heavy atom. The molecule has 0 fully saturated rings. The van der Waals surface area contributed by atoms with Crippen molar-refractivity contribution in [1.29, 1.82) is 0 Å². The SMILES string of the molecule is CC(CO)Sc1ncc(Br)cn1. The third kappa shape index (κ3) is 3.08. The molecule has 0 saturated carbocycles. The summed E-state index contributed by atoms with van der Waals surface area (Å²) in [6, 6.07) is 0. The van der Waals surface area contributed by atoms with Crippen LogP contribution in [0.2, 0.25) is 0 Å². The highest BCUT2D eigenvalue weighted by atomic mass is 79.9. The van der Waals surface area contributed by atoms with Gasteiger partial charge in [0, 0.05) is 17.6 Å². The van der Waals surface area contributed by atoms with Crippen molar-refractivity contribution in [2.45, 2.75) is 17.3 Å². The molecule has 0 amide bonds. The zero-order valence-corrected chi connectivity index (χ0v) is 8.97. The first-order valence-electron chi connectivity index (χ1n) is 3.47. The van der Waals surface area contributed by atoms with Crippen LogP contribution in [-0.2, 0) is 0 Å². The molecule has 1 atom stereocenters. The summed E-state index contributed by atoms with van der Waals surface area (Å²) in [7, 11) is 0. The Bertz CT molecular complexity index is 242. The van der Waals surface area contributed by atoms with Crippen molar-refractivity contribution in [3.63, 3.8) is 0 Å². The molecule has 0 aliphatic rings. The zero-order valence-electron chi connectivity index (χ0n) is 6.57. The molecule has 1 aromatic rings. The fraction of sp³-hybridized carbons (Fsp3) is 0.429. The maximum absolute atomic E-state index is 8.77. The van der Waals surface area contributed by atoms with E-state index >= 15 is 0 Å². The molecule has 12 heavy (non-hydrogen) atoms. The number of aliphatic hydroxyl groups is 1. The lowest BCUT2D eigenvalue weighted by Crippen LogP contribution is -2.02. The first kappa shape index (κ1) is 9.95. The third-order valence-electron chi connectivity index (χ3n) is 1.16. The highest BCUT2D eigenvalue weighted by Crippen LogP contribution is 2.18. The monoisotopic (exact) mass is 248 g/mol. The van der Waals surface area contributed by atoms with Crippen LogP contribution in [0, 0.1) is 0 Å². The maximum Gasteiger partial charge on any atom is 0.187 e. The van der Waals surface area contributed by atoms with Crippen molar-refractivity contribution in [3.8, 4) is 0 Å². The Morgan fingerprint density at radius 3 is 2.67 bits per heavy atom. The quantitative estimate of drug-likeness (QED) is 0.654. The van der Waals surface area contributed by atoms with E-state index < -0.39 is 0 Å². The molecule has 1 aromatic heterocycles. The molecule has 1 heterocycles. The summed E-state index contributed by atoms with van der Waals surface area (Å²) in [5.41, 5.74) is 0. The third-order valence-corrected chi connectivity index (χ3v) is 2.54. The summed E-state index contributed by atoms with van der Waals surface area (Å²) in [5, 5.41) is 9.60. The van der Waals surface area contributed by atoms with Gasteiger partial charge >= 0.3 is 0 Å². The Balaban J connectivity index is 2.58. The second kappa shape index (κ2) is 4.79. The molecule has 0 spiro atoms. The second-order valence-corrected chi connectivity index (χ2v) is 4.62. The van der Waals surface area contributed by atoms with Gasteiger partial charge in [0.25, 0.3) is 0 Å². The van der Waals surface area contributed by atoms with Crippen LogP contribution >= 0.6 is 27.7 Å². The number of rotatable bonds is 3. The van der Waals surface area contributed by atoms with Crippen LogP contribution in [0.4, 0.5) is 0 Å². The van der Waals surface area contributed by atoms with Gasteiger partial charge in [0.05, 0.1) is 11.1 Å². The molecule has 0 aliphatic carbocycles. The summed E-state index contributed by atoms with van der Waals surface area (Å²) in [4.78, 5) is 8.12. The minimum Gasteiger partial charge on any atom is -0.395 e. The van der Waals surface area contributed by atoms with Gasteiger partial charge in [-0.05, 0) is 15.9 Å². The van der Waals surface area contributed by atoms with Gasteiger partial charge < -0.3 is 5.11 Å². The van der Waals surface area contributed by atoms with Crippen LogP contribution in [0.1, 0.15) is 6.92 Å². The molecular weight excluding hydrogens is 240 g/mol. The van der Waals surface area contributed by atoms with Crippen LogP contribution in [0.3, 0.4) is 0 Å². The molecule has 5 heteroatoms. The highest BCUT2D eigenvalue weighted by molar-refractivity contribution is 9.10. The van der Waals surface area contributed by atoms with Crippen molar-refractivity contribution >= 4 is 27.7 Å². The Morgan fingerprint density at radius 2 is 2.17 bits per heavy atom. The minimum absolute atomic E-state index is 0.143. The molecule has 1 rings (SSSR count). The molecule has 66 valence electrons. The van der Waals surface area contributed by atoms with E-state index in [-0.39, 0.29) is 11.9 Å². The molecule has 0 saturated heterocycles. The predicted octanol–water partition coefficient (Wildman–Crippen LogP) is 1.71. The van der Waals surface area contributed by atoms with E-state index in [0.29, 0.717) is 5.16 Å². The standard InChI is InChI=1S/C7H9BrN2OS/c1-5(4-11)12-7-9-2-6(8)3-10-7/h2-3,5,11H,4H2,1H3. The van der Waals surface area contributed by atoms with E-state index in [4.69, 9.17) is 5.11 Å². The van der Waals surface area contributed by atoms with Gasteiger partial charge in [-0.25, -0.2) is 9.97 Å². The minimum atomic E-state index is 0.143. The van der Waals surface area contributed by atoms with Gasteiger partial charge in [-0.3, -0.25) is 0 Å². The lowest BCUT2D eigenvalue weighted by molar-refractivity contribution is 0.300.